The summed E-state index contributed by atoms with van der Waals surface area (Å²) in [5, 5.41) is 8.91. The van der Waals surface area contributed by atoms with Gasteiger partial charge in [0.1, 0.15) is 5.01 Å². The van der Waals surface area contributed by atoms with Crippen LogP contribution in [0, 0.1) is 4.77 Å². The Hall–Kier alpha value is -1.31. The van der Waals surface area contributed by atoms with E-state index in [9.17, 15) is 0 Å². The van der Waals surface area contributed by atoms with Gasteiger partial charge in [0.2, 0.25) is 4.77 Å². The predicted molar refractivity (Wildman–Crippen MR) is 77.6 cm³/mol. The van der Waals surface area contributed by atoms with Gasteiger partial charge in [-0.3, -0.25) is 10.2 Å². The van der Waals surface area contributed by atoms with Crippen LogP contribution >= 0.6 is 34.9 Å². The van der Waals surface area contributed by atoms with Crippen molar-refractivity contribution in [3.63, 3.8) is 0 Å². The van der Waals surface area contributed by atoms with E-state index in [1.165, 1.54) is 4.88 Å². The maximum Gasteiger partial charge on any atom is 0.213 e. The molecular weight excluding hydrogens is 284 g/mol. The quantitative estimate of drug-likeness (QED) is 0.721. The van der Waals surface area contributed by atoms with Crippen LogP contribution in [0.15, 0.2) is 17.5 Å². The molecule has 0 spiro atoms. The standard InChI is InChI=1S/C11H10N4S3/c1-2-6-8(9-13-11(16)15-14-9)18-10(12-6)7-4-3-5-17-7/h3-5H,2H2,1H3,(H2,13,14,15,16). The molecule has 2 N–H and O–H groups in total. The molecule has 3 aromatic rings. The molecule has 0 saturated heterocycles. The summed E-state index contributed by atoms with van der Waals surface area (Å²) in [6.07, 6.45) is 0.880. The van der Waals surface area contributed by atoms with Crippen LogP contribution in [-0.4, -0.2) is 20.2 Å². The van der Waals surface area contributed by atoms with Crippen molar-refractivity contribution in [3.05, 3.63) is 28.0 Å². The molecular formula is C11H10N4S3. The molecule has 0 aromatic carbocycles. The Morgan fingerprint density at radius 1 is 1.33 bits per heavy atom. The monoisotopic (exact) mass is 294 g/mol. The van der Waals surface area contributed by atoms with E-state index in [0.29, 0.717) is 4.77 Å². The molecule has 3 rings (SSSR count). The number of thiophene rings is 1. The first kappa shape index (κ1) is 11.8. The third-order valence-corrected chi connectivity index (χ3v) is 4.82. The van der Waals surface area contributed by atoms with Gasteiger partial charge in [0.25, 0.3) is 0 Å². The maximum atomic E-state index is 4.99. The maximum absolute atomic E-state index is 4.99. The van der Waals surface area contributed by atoms with Crippen molar-refractivity contribution < 1.29 is 0 Å². The Bertz CT molecular complexity index is 705. The summed E-state index contributed by atoms with van der Waals surface area (Å²) in [6.45, 7) is 2.10. The number of H-pyrrole nitrogens is 2. The molecule has 0 aliphatic heterocycles. The van der Waals surface area contributed by atoms with Crippen molar-refractivity contribution in [1.29, 1.82) is 0 Å². The molecule has 0 bridgehead atoms. The molecule has 0 amide bonds. The molecule has 4 nitrogen and oxygen atoms in total. The second-order valence-corrected chi connectivity index (χ2v) is 5.97. The second kappa shape index (κ2) is 4.75. The summed E-state index contributed by atoms with van der Waals surface area (Å²) >= 11 is 8.33. The topological polar surface area (TPSA) is 57.4 Å². The molecule has 18 heavy (non-hydrogen) atoms. The first-order valence-electron chi connectivity index (χ1n) is 5.46. The van der Waals surface area contributed by atoms with E-state index in [-0.39, 0.29) is 0 Å². The molecule has 0 atom stereocenters. The molecule has 0 radical (unpaired) electrons. The Labute approximate surface area is 117 Å². The van der Waals surface area contributed by atoms with Crippen LogP contribution in [0.3, 0.4) is 0 Å². The van der Waals surface area contributed by atoms with E-state index in [1.807, 2.05) is 6.07 Å². The van der Waals surface area contributed by atoms with Gasteiger partial charge in [0, 0.05) is 0 Å². The Morgan fingerprint density at radius 3 is 2.83 bits per heavy atom. The fourth-order valence-corrected chi connectivity index (χ4v) is 3.70. The van der Waals surface area contributed by atoms with Gasteiger partial charge in [-0.15, -0.1) is 22.7 Å². The second-order valence-electron chi connectivity index (χ2n) is 3.64. The number of rotatable bonds is 3. The van der Waals surface area contributed by atoms with Gasteiger partial charge in [0.15, 0.2) is 5.82 Å². The lowest BCUT2D eigenvalue weighted by Crippen LogP contribution is -1.85. The zero-order valence-electron chi connectivity index (χ0n) is 9.56. The number of aromatic amines is 2. The molecule has 7 heteroatoms. The molecule has 3 heterocycles. The summed E-state index contributed by atoms with van der Waals surface area (Å²) < 4.78 is 0.470. The Kier molecular flexibility index (Phi) is 3.11. The van der Waals surface area contributed by atoms with Crippen molar-refractivity contribution in [3.8, 4) is 20.6 Å². The molecule has 0 unspecified atom stereocenters. The van der Waals surface area contributed by atoms with Gasteiger partial charge >= 0.3 is 0 Å². The van der Waals surface area contributed by atoms with Gasteiger partial charge in [-0.25, -0.2) is 4.98 Å². The lowest BCUT2D eigenvalue weighted by atomic mass is 10.3. The first-order chi connectivity index (χ1) is 8.78. The number of hydrogen-bond acceptors (Lipinski definition) is 5. The average molecular weight is 294 g/mol. The number of aryl methyl sites for hydroxylation is 1. The minimum absolute atomic E-state index is 0.470. The smallest absolute Gasteiger partial charge is 0.213 e. The highest BCUT2D eigenvalue weighted by Gasteiger charge is 2.15. The molecule has 0 saturated carbocycles. The number of nitrogens with zero attached hydrogens (tertiary/aromatic N) is 2. The summed E-state index contributed by atoms with van der Waals surface area (Å²) in [5.74, 6) is 0.775. The number of thiazole rings is 1. The third-order valence-electron chi connectivity index (χ3n) is 2.48. The fraction of sp³-hybridized carbons (Fsp3) is 0.182. The average Bonchev–Trinajstić information content (AvgIpc) is 3.07. The highest BCUT2D eigenvalue weighted by Crippen LogP contribution is 2.35. The Balaban J connectivity index is 2.12. The van der Waals surface area contributed by atoms with Crippen molar-refractivity contribution in [2.45, 2.75) is 13.3 Å². The minimum Gasteiger partial charge on any atom is -0.281 e. The summed E-state index contributed by atoms with van der Waals surface area (Å²) in [7, 11) is 0. The predicted octanol–water partition coefficient (Wildman–Crippen LogP) is 3.88. The van der Waals surface area contributed by atoms with Gasteiger partial charge < -0.3 is 0 Å². The zero-order valence-corrected chi connectivity index (χ0v) is 12.0. The summed E-state index contributed by atoms with van der Waals surface area (Å²) in [4.78, 5) is 11.2. The van der Waals surface area contributed by atoms with Gasteiger partial charge in [-0.2, -0.15) is 4.98 Å². The first-order valence-corrected chi connectivity index (χ1v) is 7.57. The van der Waals surface area contributed by atoms with Crippen molar-refractivity contribution in [1.82, 2.24) is 20.2 Å². The minimum atomic E-state index is 0.470. The summed E-state index contributed by atoms with van der Waals surface area (Å²) in [6, 6.07) is 4.12. The fourth-order valence-electron chi connectivity index (χ4n) is 1.66. The largest absolute Gasteiger partial charge is 0.281 e. The van der Waals surface area contributed by atoms with Crippen LogP contribution in [0.5, 0.6) is 0 Å². The SMILES string of the molecule is CCc1nc(-c2cccs2)sc1-c1nc(=S)[nH][nH]1. The van der Waals surface area contributed by atoms with Crippen LogP contribution in [0.2, 0.25) is 0 Å². The molecule has 0 fully saturated rings. The van der Waals surface area contributed by atoms with Crippen molar-refractivity contribution in [2.75, 3.05) is 0 Å². The zero-order chi connectivity index (χ0) is 12.5. The summed E-state index contributed by atoms with van der Waals surface area (Å²) in [5.41, 5.74) is 1.06. The highest BCUT2D eigenvalue weighted by molar-refractivity contribution is 7.71. The van der Waals surface area contributed by atoms with Crippen LogP contribution in [0.4, 0.5) is 0 Å². The Morgan fingerprint density at radius 2 is 2.22 bits per heavy atom. The molecule has 92 valence electrons. The third kappa shape index (κ3) is 2.05. The lowest BCUT2D eigenvalue weighted by molar-refractivity contribution is 1.05. The molecule has 3 aromatic heterocycles. The van der Waals surface area contributed by atoms with Crippen molar-refractivity contribution >= 4 is 34.9 Å². The van der Waals surface area contributed by atoms with E-state index in [2.05, 4.69) is 38.5 Å². The lowest BCUT2D eigenvalue weighted by Gasteiger charge is -1.92. The van der Waals surface area contributed by atoms with Crippen LogP contribution < -0.4 is 0 Å². The van der Waals surface area contributed by atoms with Gasteiger partial charge in [-0.1, -0.05) is 13.0 Å². The van der Waals surface area contributed by atoms with Gasteiger partial charge in [0.05, 0.1) is 15.4 Å². The number of nitrogens with one attached hydrogen (secondary N) is 2. The molecule has 0 aliphatic carbocycles. The van der Waals surface area contributed by atoms with E-state index in [4.69, 9.17) is 12.2 Å². The van der Waals surface area contributed by atoms with Gasteiger partial charge in [-0.05, 0) is 30.1 Å². The van der Waals surface area contributed by atoms with E-state index >= 15 is 0 Å². The van der Waals surface area contributed by atoms with E-state index in [1.54, 1.807) is 22.7 Å². The highest BCUT2D eigenvalue weighted by atomic mass is 32.1. The van der Waals surface area contributed by atoms with Crippen LogP contribution in [0.25, 0.3) is 20.6 Å². The molecule has 0 aliphatic rings. The number of aromatic nitrogens is 4. The van der Waals surface area contributed by atoms with E-state index < -0.39 is 0 Å². The van der Waals surface area contributed by atoms with Crippen molar-refractivity contribution in [2.24, 2.45) is 0 Å². The normalized spacial score (nSPS) is 10.9. The van der Waals surface area contributed by atoms with Crippen LogP contribution in [0.1, 0.15) is 12.6 Å². The van der Waals surface area contributed by atoms with E-state index in [0.717, 1.165) is 27.8 Å². The van der Waals surface area contributed by atoms with Crippen LogP contribution in [-0.2, 0) is 6.42 Å². The number of hydrogen-bond donors (Lipinski definition) is 2.